The lowest BCUT2D eigenvalue weighted by Crippen LogP contribution is -1.99. The van der Waals surface area contributed by atoms with Gasteiger partial charge < -0.3 is 9.41 Å². The zero-order valence-electron chi connectivity index (χ0n) is 5.65. The average molecular weight is 155 g/mol. The van der Waals surface area contributed by atoms with Crippen LogP contribution in [0.25, 0.3) is 0 Å². The van der Waals surface area contributed by atoms with Gasteiger partial charge >= 0.3 is 0 Å². The number of aromatic hydroxyl groups is 1. The molecule has 1 aromatic carbocycles. The smallest absolute Gasteiger partial charge is 0.115 e. The fraction of sp³-hybridized carbons (Fsp3) is 0.143. The van der Waals surface area contributed by atoms with Gasteiger partial charge in [0, 0.05) is 12.7 Å². The zero-order valence-corrected chi connectivity index (χ0v) is 6.55. The summed E-state index contributed by atoms with van der Waals surface area (Å²) in [4.78, 5) is 0. The van der Waals surface area contributed by atoms with Gasteiger partial charge in [-0.2, -0.15) is 0 Å². The molecule has 0 saturated carbocycles. The highest BCUT2D eigenvalue weighted by Crippen LogP contribution is 2.17. The standard InChI is InChI=1S/C7H9NOS/c1-8(10)6-2-4-7(9)5-3-6/h2-5,9-10H,1H3. The van der Waals surface area contributed by atoms with Crippen LogP contribution in [0.5, 0.6) is 5.75 Å². The van der Waals surface area contributed by atoms with Crippen molar-refractivity contribution in [1.29, 1.82) is 0 Å². The summed E-state index contributed by atoms with van der Waals surface area (Å²) in [5, 5.41) is 8.89. The zero-order chi connectivity index (χ0) is 7.56. The first-order chi connectivity index (χ1) is 4.70. The Bertz CT molecular complexity index is 207. The predicted octanol–water partition coefficient (Wildman–Crippen LogP) is 1.67. The molecule has 0 aliphatic heterocycles. The van der Waals surface area contributed by atoms with E-state index in [1.165, 1.54) is 0 Å². The van der Waals surface area contributed by atoms with E-state index in [0.29, 0.717) is 0 Å². The van der Waals surface area contributed by atoms with Crippen molar-refractivity contribution in [3.63, 3.8) is 0 Å². The molecule has 0 atom stereocenters. The predicted molar refractivity (Wildman–Crippen MR) is 45.5 cm³/mol. The molecule has 0 spiro atoms. The van der Waals surface area contributed by atoms with E-state index in [1.54, 1.807) is 28.6 Å². The van der Waals surface area contributed by atoms with Crippen molar-refractivity contribution < 1.29 is 5.11 Å². The van der Waals surface area contributed by atoms with Crippen LogP contribution in [0.3, 0.4) is 0 Å². The summed E-state index contributed by atoms with van der Waals surface area (Å²) in [7, 11) is 1.83. The number of anilines is 1. The number of benzene rings is 1. The molecular weight excluding hydrogens is 146 g/mol. The molecule has 0 fully saturated rings. The molecule has 0 aliphatic carbocycles. The fourth-order valence-corrected chi connectivity index (χ4v) is 0.802. The first-order valence-electron chi connectivity index (χ1n) is 2.92. The lowest BCUT2D eigenvalue weighted by molar-refractivity contribution is 0.475. The quantitative estimate of drug-likeness (QED) is 0.603. The third-order valence-corrected chi connectivity index (χ3v) is 1.45. The van der Waals surface area contributed by atoms with Crippen LogP contribution in [0, 0.1) is 0 Å². The Labute approximate surface area is 65.6 Å². The molecule has 0 bridgehead atoms. The van der Waals surface area contributed by atoms with Crippen LogP contribution >= 0.6 is 12.8 Å². The Morgan fingerprint density at radius 1 is 1.30 bits per heavy atom. The van der Waals surface area contributed by atoms with Gasteiger partial charge in [0.1, 0.15) is 5.75 Å². The molecule has 1 N–H and O–H groups in total. The van der Waals surface area contributed by atoms with Crippen molar-refractivity contribution in [2.45, 2.75) is 0 Å². The number of hydrogen-bond acceptors (Lipinski definition) is 3. The minimum atomic E-state index is 0.277. The van der Waals surface area contributed by atoms with Gasteiger partial charge in [0.05, 0.1) is 0 Å². The van der Waals surface area contributed by atoms with E-state index in [-0.39, 0.29) is 5.75 Å². The number of thiol groups is 1. The van der Waals surface area contributed by atoms with E-state index in [0.717, 1.165) is 5.69 Å². The van der Waals surface area contributed by atoms with Crippen molar-refractivity contribution in [3.8, 4) is 5.75 Å². The number of phenolic OH excluding ortho intramolecular Hbond substituents is 1. The van der Waals surface area contributed by atoms with Gasteiger partial charge in [0.2, 0.25) is 0 Å². The molecule has 0 unspecified atom stereocenters. The second-order valence-corrected chi connectivity index (χ2v) is 2.64. The van der Waals surface area contributed by atoms with Gasteiger partial charge in [-0.25, -0.2) is 0 Å². The summed E-state index contributed by atoms with van der Waals surface area (Å²) >= 11 is 4.07. The molecule has 0 amide bonds. The maximum Gasteiger partial charge on any atom is 0.115 e. The first-order valence-corrected chi connectivity index (χ1v) is 3.32. The Morgan fingerprint density at radius 3 is 2.20 bits per heavy atom. The molecule has 10 heavy (non-hydrogen) atoms. The lowest BCUT2D eigenvalue weighted by Gasteiger charge is -2.09. The number of nitrogens with zero attached hydrogens (tertiary/aromatic N) is 1. The second kappa shape index (κ2) is 2.84. The highest BCUT2D eigenvalue weighted by Gasteiger charge is 1.93. The number of phenols is 1. The van der Waals surface area contributed by atoms with Crippen LogP contribution in [-0.2, 0) is 0 Å². The van der Waals surface area contributed by atoms with Gasteiger partial charge in [-0.3, -0.25) is 0 Å². The Kier molecular flexibility index (Phi) is 2.06. The van der Waals surface area contributed by atoms with Crippen molar-refractivity contribution in [1.82, 2.24) is 0 Å². The van der Waals surface area contributed by atoms with Crippen LogP contribution in [0.4, 0.5) is 5.69 Å². The monoisotopic (exact) mass is 155 g/mol. The average Bonchev–Trinajstić information content (AvgIpc) is 1.88. The summed E-state index contributed by atoms with van der Waals surface area (Å²) in [5.41, 5.74) is 0.959. The van der Waals surface area contributed by atoms with Gasteiger partial charge in [0.15, 0.2) is 0 Å². The molecule has 1 rings (SSSR count). The Balaban J connectivity index is 2.89. The van der Waals surface area contributed by atoms with Crippen LogP contribution < -0.4 is 4.31 Å². The highest BCUT2D eigenvalue weighted by atomic mass is 32.1. The molecule has 0 aromatic heterocycles. The second-order valence-electron chi connectivity index (χ2n) is 2.04. The van der Waals surface area contributed by atoms with E-state index >= 15 is 0 Å². The highest BCUT2D eigenvalue weighted by molar-refractivity contribution is 7.81. The molecule has 2 nitrogen and oxygen atoms in total. The van der Waals surface area contributed by atoms with E-state index in [1.807, 2.05) is 7.05 Å². The fourth-order valence-electron chi connectivity index (χ4n) is 0.668. The first kappa shape index (κ1) is 7.28. The minimum absolute atomic E-state index is 0.277. The van der Waals surface area contributed by atoms with E-state index in [9.17, 15) is 0 Å². The van der Waals surface area contributed by atoms with Gasteiger partial charge in [0.25, 0.3) is 0 Å². The summed E-state index contributed by atoms with van der Waals surface area (Å²) < 4.78 is 1.68. The topological polar surface area (TPSA) is 23.5 Å². The SMILES string of the molecule is CN(S)c1ccc(O)cc1. The van der Waals surface area contributed by atoms with Crippen molar-refractivity contribution >= 4 is 18.5 Å². The summed E-state index contributed by atoms with van der Waals surface area (Å²) in [6.07, 6.45) is 0. The molecule has 0 aliphatic rings. The third-order valence-electron chi connectivity index (χ3n) is 1.22. The normalized spacial score (nSPS) is 9.40. The van der Waals surface area contributed by atoms with Gasteiger partial charge in [-0.15, -0.1) is 0 Å². The van der Waals surface area contributed by atoms with E-state index < -0.39 is 0 Å². The molecule has 54 valence electrons. The van der Waals surface area contributed by atoms with Crippen molar-refractivity contribution in [2.24, 2.45) is 0 Å². The number of rotatable bonds is 1. The van der Waals surface area contributed by atoms with Crippen LogP contribution in [0.1, 0.15) is 0 Å². The Hall–Kier alpha value is -0.830. The third kappa shape index (κ3) is 1.57. The van der Waals surface area contributed by atoms with Gasteiger partial charge in [-0.05, 0) is 24.3 Å². The van der Waals surface area contributed by atoms with Crippen molar-refractivity contribution in [2.75, 3.05) is 11.4 Å². The molecule has 0 heterocycles. The summed E-state index contributed by atoms with van der Waals surface area (Å²) in [5.74, 6) is 0.277. The number of hydrogen-bond donors (Lipinski definition) is 2. The van der Waals surface area contributed by atoms with Crippen molar-refractivity contribution in [3.05, 3.63) is 24.3 Å². The lowest BCUT2D eigenvalue weighted by atomic mass is 10.3. The van der Waals surface area contributed by atoms with Crippen LogP contribution in [-0.4, -0.2) is 12.2 Å². The van der Waals surface area contributed by atoms with E-state index in [2.05, 4.69) is 12.8 Å². The largest absolute Gasteiger partial charge is 0.508 e. The van der Waals surface area contributed by atoms with Crippen LogP contribution in [0.2, 0.25) is 0 Å². The molecule has 3 heteroatoms. The molecule has 0 radical (unpaired) electrons. The molecule has 1 aromatic rings. The Morgan fingerprint density at radius 2 is 1.80 bits per heavy atom. The van der Waals surface area contributed by atoms with E-state index in [4.69, 9.17) is 5.11 Å². The van der Waals surface area contributed by atoms with Gasteiger partial charge in [-0.1, -0.05) is 12.8 Å². The summed E-state index contributed by atoms with van der Waals surface area (Å²) in [6.45, 7) is 0. The molecule has 0 saturated heterocycles. The minimum Gasteiger partial charge on any atom is -0.508 e. The maximum absolute atomic E-state index is 8.89. The maximum atomic E-state index is 8.89. The summed E-state index contributed by atoms with van der Waals surface area (Å²) in [6, 6.07) is 6.84. The van der Waals surface area contributed by atoms with Crippen LogP contribution in [0.15, 0.2) is 24.3 Å². The molecular formula is C7H9NOS.